The molecule has 1 saturated carbocycles. The zero-order valence-corrected chi connectivity index (χ0v) is 27.4. The first-order chi connectivity index (χ1) is 21.7. The van der Waals surface area contributed by atoms with E-state index in [9.17, 15) is 29.6 Å². The summed E-state index contributed by atoms with van der Waals surface area (Å²) in [4.78, 5) is 14.8. The number of nitrogens with zero attached hydrogens (tertiary/aromatic N) is 1. The molecule has 1 aliphatic carbocycles. The molecule has 2 aliphatic heterocycles. The molecule has 9 N–H and O–H groups in total. The third-order valence-electron chi connectivity index (χ3n) is 9.53. The average molecular weight is 668 g/mol. The fourth-order valence-corrected chi connectivity index (χ4v) is 6.73. The van der Waals surface area contributed by atoms with Crippen LogP contribution in [0.1, 0.15) is 70.6 Å². The lowest BCUT2D eigenvalue weighted by Crippen LogP contribution is -2.62. The molecule has 3 unspecified atom stereocenters. The van der Waals surface area contributed by atoms with Gasteiger partial charge in [-0.15, -0.1) is 11.6 Å². The van der Waals surface area contributed by atoms with Crippen molar-refractivity contribution in [3.8, 4) is 0 Å². The summed E-state index contributed by atoms with van der Waals surface area (Å²) in [5.41, 5.74) is 0. The Balaban J connectivity index is 1.14. The molecule has 2 heterocycles. The molecule has 0 spiro atoms. The smallest absolute Gasteiger partial charge is 0.220 e. The van der Waals surface area contributed by atoms with Crippen LogP contribution in [0.15, 0.2) is 0 Å². The summed E-state index contributed by atoms with van der Waals surface area (Å²) in [5, 5.41) is 60.4. The van der Waals surface area contributed by atoms with Gasteiger partial charge in [0.15, 0.2) is 0 Å². The molecule has 3 fully saturated rings. The van der Waals surface area contributed by atoms with E-state index in [1.165, 1.54) is 12.8 Å². The van der Waals surface area contributed by atoms with Gasteiger partial charge >= 0.3 is 0 Å². The molecule has 7 atom stereocenters. The molecule has 0 aromatic carbocycles. The Morgan fingerprint density at radius 3 is 2.33 bits per heavy atom. The molecule has 0 bridgehead atoms. The standard InChI is InChI=1S/C31H59ClFN5O7/c32-23-17-36-31(37-18-23)38-12-8-21(9-13-38)5-4-14-45-24-7-6-22(25(33)16-24)15-28(42)35-11-3-1-2-10-34-19-26(40)29(43)30(44)27(41)20-39/h21-27,29-31,34,36-37,39-41,43-44H,1-20H2,(H,35,42)/t22?,23?,24?,25?,26-,27+,29+,30+,31?/m0/s1. The van der Waals surface area contributed by atoms with Crippen LogP contribution >= 0.6 is 11.6 Å². The highest BCUT2D eigenvalue weighted by Gasteiger charge is 2.33. The van der Waals surface area contributed by atoms with Crippen molar-refractivity contribution in [3.05, 3.63) is 0 Å². The summed E-state index contributed by atoms with van der Waals surface area (Å²) in [7, 11) is 0. The Kier molecular flexibility index (Phi) is 18.3. The van der Waals surface area contributed by atoms with Crippen molar-refractivity contribution in [2.45, 2.75) is 119 Å². The lowest BCUT2D eigenvalue weighted by molar-refractivity contribution is -0.123. The maximum atomic E-state index is 14.9. The van der Waals surface area contributed by atoms with E-state index < -0.39 is 37.2 Å². The van der Waals surface area contributed by atoms with Gasteiger partial charge in [-0.25, -0.2) is 4.39 Å². The minimum atomic E-state index is -1.64. The van der Waals surface area contributed by atoms with Crippen molar-refractivity contribution in [3.63, 3.8) is 0 Å². The predicted octanol–water partition coefficient (Wildman–Crippen LogP) is -0.212. The van der Waals surface area contributed by atoms with Gasteiger partial charge < -0.3 is 40.9 Å². The number of carbonyl (C=O) groups is 1. The van der Waals surface area contributed by atoms with Gasteiger partial charge in [0.25, 0.3) is 0 Å². The fraction of sp³-hybridized carbons (Fsp3) is 0.968. The largest absolute Gasteiger partial charge is 0.394 e. The van der Waals surface area contributed by atoms with E-state index in [4.69, 9.17) is 21.4 Å². The minimum absolute atomic E-state index is 0.0255. The van der Waals surface area contributed by atoms with Crippen molar-refractivity contribution in [2.75, 3.05) is 59.0 Å². The third kappa shape index (κ3) is 14.1. The first kappa shape index (κ1) is 38.7. The normalized spacial score (nSPS) is 29.6. The molecule has 3 rings (SSSR count). The van der Waals surface area contributed by atoms with E-state index in [2.05, 4.69) is 26.2 Å². The molecule has 264 valence electrons. The number of likely N-dealkylation sites (tertiary alicyclic amines) is 1. The van der Waals surface area contributed by atoms with Crippen LogP contribution in [0.4, 0.5) is 4.39 Å². The molecule has 0 aromatic rings. The van der Waals surface area contributed by atoms with Gasteiger partial charge in [-0.1, -0.05) is 6.42 Å². The molecule has 3 aliphatic rings. The van der Waals surface area contributed by atoms with E-state index in [1.807, 2.05) is 0 Å². The van der Waals surface area contributed by atoms with Crippen LogP contribution in [0.3, 0.4) is 0 Å². The Morgan fingerprint density at radius 2 is 1.64 bits per heavy atom. The summed E-state index contributed by atoms with van der Waals surface area (Å²) < 4.78 is 20.9. The number of nitrogens with one attached hydrogen (secondary N) is 4. The molecule has 0 radical (unpaired) electrons. The van der Waals surface area contributed by atoms with Crippen LogP contribution in [-0.2, 0) is 9.53 Å². The molecule has 12 nitrogen and oxygen atoms in total. The fourth-order valence-electron chi connectivity index (χ4n) is 6.55. The topological polar surface area (TPSA) is 179 Å². The zero-order valence-electron chi connectivity index (χ0n) is 26.7. The zero-order chi connectivity index (χ0) is 32.6. The van der Waals surface area contributed by atoms with Crippen LogP contribution in [0.5, 0.6) is 0 Å². The van der Waals surface area contributed by atoms with Gasteiger partial charge in [-0.2, -0.15) is 0 Å². The van der Waals surface area contributed by atoms with E-state index in [-0.39, 0.29) is 42.6 Å². The Bertz CT molecular complexity index is 810. The summed E-state index contributed by atoms with van der Waals surface area (Å²) in [6, 6.07) is 0. The molecule has 1 amide bonds. The Hall–Kier alpha value is -0.710. The molecule has 0 aromatic heterocycles. The van der Waals surface area contributed by atoms with Gasteiger partial charge in [-0.05, 0) is 69.7 Å². The summed E-state index contributed by atoms with van der Waals surface area (Å²) >= 11 is 6.15. The lowest BCUT2D eigenvalue weighted by atomic mass is 9.83. The number of carbonyl (C=O) groups excluding carboxylic acids is 1. The van der Waals surface area contributed by atoms with Gasteiger partial charge in [0.05, 0.1) is 24.2 Å². The second-order valence-electron chi connectivity index (χ2n) is 13.1. The predicted molar refractivity (Wildman–Crippen MR) is 170 cm³/mol. The van der Waals surface area contributed by atoms with Crippen LogP contribution in [0, 0.1) is 11.8 Å². The number of halogens is 2. The summed E-state index contributed by atoms with van der Waals surface area (Å²) in [5.74, 6) is 0.329. The Morgan fingerprint density at radius 1 is 0.956 bits per heavy atom. The number of alkyl halides is 2. The van der Waals surface area contributed by atoms with E-state index in [0.29, 0.717) is 38.5 Å². The molecule has 45 heavy (non-hydrogen) atoms. The Labute approximate surface area is 272 Å². The second-order valence-corrected chi connectivity index (χ2v) is 13.8. The SMILES string of the molecule is O=C(CC1CCC(OCCCC2CCN(C3NCC(Cl)CN3)CC2)CC1F)NCCCCCNC[C@H](O)[C@@H](O)[C@H](O)[C@H](O)CO. The summed E-state index contributed by atoms with van der Waals surface area (Å²) in [6.07, 6.45) is 2.02. The lowest BCUT2D eigenvalue weighted by Gasteiger charge is -2.41. The number of piperidine rings is 1. The number of ether oxygens (including phenoxy) is 1. The number of hydrogen-bond acceptors (Lipinski definition) is 11. The van der Waals surface area contributed by atoms with Crippen molar-refractivity contribution in [1.29, 1.82) is 0 Å². The number of aliphatic hydroxyl groups excluding tert-OH is 5. The van der Waals surface area contributed by atoms with Crippen LogP contribution < -0.4 is 21.3 Å². The van der Waals surface area contributed by atoms with Gasteiger partial charge in [0.1, 0.15) is 30.8 Å². The van der Waals surface area contributed by atoms with Crippen molar-refractivity contribution in [1.82, 2.24) is 26.2 Å². The summed E-state index contributed by atoms with van der Waals surface area (Å²) in [6.45, 7) is 4.90. The number of aliphatic hydroxyl groups is 5. The molecular formula is C31H59ClFN5O7. The van der Waals surface area contributed by atoms with Gasteiger partial charge in [-0.3, -0.25) is 20.3 Å². The van der Waals surface area contributed by atoms with E-state index in [0.717, 1.165) is 64.7 Å². The monoisotopic (exact) mass is 667 g/mol. The number of hydrogen-bond donors (Lipinski definition) is 9. The highest BCUT2D eigenvalue weighted by molar-refractivity contribution is 6.21. The molecule has 2 saturated heterocycles. The minimum Gasteiger partial charge on any atom is -0.394 e. The second kappa shape index (κ2) is 21.3. The van der Waals surface area contributed by atoms with Crippen molar-refractivity contribution in [2.24, 2.45) is 11.8 Å². The number of rotatable bonds is 20. The highest BCUT2D eigenvalue weighted by Crippen LogP contribution is 2.32. The van der Waals surface area contributed by atoms with Crippen molar-refractivity contribution < 1.29 is 39.5 Å². The molecular weight excluding hydrogens is 609 g/mol. The van der Waals surface area contributed by atoms with Gasteiger partial charge in [0, 0.05) is 58.7 Å². The molecule has 14 heteroatoms. The maximum Gasteiger partial charge on any atom is 0.220 e. The first-order valence-corrected chi connectivity index (χ1v) is 17.5. The number of unbranched alkanes of at least 4 members (excludes halogenated alkanes) is 2. The van der Waals surface area contributed by atoms with E-state index >= 15 is 0 Å². The average Bonchev–Trinajstić information content (AvgIpc) is 3.05. The van der Waals surface area contributed by atoms with Crippen molar-refractivity contribution >= 4 is 17.5 Å². The van der Waals surface area contributed by atoms with Crippen LogP contribution in [-0.4, -0.2) is 144 Å². The number of amides is 1. The van der Waals surface area contributed by atoms with E-state index in [1.54, 1.807) is 0 Å². The third-order valence-corrected chi connectivity index (χ3v) is 9.84. The maximum absolute atomic E-state index is 14.9. The quantitative estimate of drug-likeness (QED) is 0.0620. The van der Waals surface area contributed by atoms with Crippen LogP contribution in [0.2, 0.25) is 0 Å². The first-order valence-electron chi connectivity index (χ1n) is 17.1. The highest BCUT2D eigenvalue weighted by atomic mass is 35.5. The van der Waals surface area contributed by atoms with Gasteiger partial charge in [0.2, 0.25) is 5.91 Å². The van der Waals surface area contributed by atoms with Crippen LogP contribution in [0.25, 0.3) is 0 Å².